The summed E-state index contributed by atoms with van der Waals surface area (Å²) >= 11 is 0. The van der Waals surface area contributed by atoms with Crippen LogP contribution in [0.4, 0.5) is 0 Å². The van der Waals surface area contributed by atoms with E-state index in [1.54, 1.807) is 0 Å². The van der Waals surface area contributed by atoms with Gasteiger partial charge < -0.3 is 19.3 Å². The molecule has 0 spiro atoms. The topological polar surface area (TPSA) is 47.9 Å². The predicted molar refractivity (Wildman–Crippen MR) is 126 cm³/mol. The molecule has 4 heteroatoms. The second kappa shape index (κ2) is 10.7. The van der Waals surface area contributed by atoms with Gasteiger partial charge in [-0.3, -0.25) is 0 Å². The highest BCUT2D eigenvalue weighted by atomic mass is 16.5. The molecule has 4 nitrogen and oxygen atoms in total. The molecule has 0 bridgehead atoms. The summed E-state index contributed by atoms with van der Waals surface area (Å²) in [6.45, 7) is 4.04. The number of aliphatic hydroxyl groups is 1. The summed E-state index contributed by atoms with van der Waals surface area (Å²) < 4.78 is 17.6. The lowest BCUT2D eigenvalue weighted by atomic mass is 9.82. The highest BCUT2D eigenvalue weighted by Crippen LogP contribution is 2.35. The van der Waals surface area contributed by atoms with E-state index >= 15 is 0 Å². The molecule has 0 saturated carbocycles. The lowest BCUT2D eigenvalue weighted by molar-refractivity contribution is 0.0183. The van der Waals surface area contributed by atoms with E-state index in [1.807, 2.05) is 36.4 Å². The number of fused-ring (bicyclic) bond motifs is 2. The van der Waals surface area contributed by atoms with Gasteiger partial charge in [-0.2, -0.15) is 0 Å². The van der Waals surface area contributed by atoms with Crippen LogP contribution in [0.2, 0.25) is 0 Å². The van der Waals surface area contributed by atoms with E-state index in [2.05, 4.69) is 43.3 Å². The second-order valence-electron chi connectivity index (χ2n) is 8.42. The SMILES string of the molecule is Cc1ccc(C2(O)CCc3ccccc3OCCOCCOc3ccccc3CC2)cc1. The number of para-hydroxylation sites is 2. The van der Waals surface area contributed by atoms with Gasteiger partial charge in [0.15, 0.2) is 0 Å². The molecule has 3 aromatic carbocycles. The summed E-state index contributed by atoms with van der Waals surface area (Å²) in [5.74, 6) is 1.71. The normalized spacial score (nSPS) is 17.3. The number of aryl methyl sites for hydroxylation is 3. The summed E-state index contributed by atoms with van der Waals surface area (Å²) in [6, 6.07) is 24.4. The number of benzene rings is 3. The first kappa shape index (κ1) is 22.4. The van der Waals surface area contributed by atoms with Gasteiger partial charge in [0.2, 0.25) is 0 Å². The van der Waals surface area contributed by atoms with Crippen molar-refractivity contribution >= 4 is 0 Å². The van der Waals surface area contributed by atoms with Crippen LogP contribution in [-0.2, 0) is 23.2 Å². The minimum absolute atomic E-state index is 0.482. The molecular formula is C28H32O4. The maximum absolute atomic E-state index is 11.9. The molecule has 1 aliphatic heterocycles. The Kier molecular flexibility index (Phi) is 7.46. The third-order valence-corrected chi connectivity index (χ3v) is 6.12. The fourth-order valence-electron chi connectivity index (χ4n) is 4.19. The first-order chi connectivity index (χ1) is 15.6. The Labute approximate surface area is 190 Å². The molecule has 0 amide bonds. The van der Waals surface area contributed by atoms with Crippen molar-refractivity contribution in [2.24, 2.45) is 0 Å². The lowest BCUT2D eigenvalue weighted by Gasteiger charge is -2.30. The van der Waals surface area contributed by atoms with Crippen LogP contribution in [0.1, 0.15) is 35.1 Å². The van der Waals surface area contributed by atoms with Gasteiger partial charge in [0.25, 0.3) is 0 Å². The van der Waals surface area contributed by atoms with Crippen molar-refractivity contribution in [3.63, 3.8) is 0 Å². The second-order valence-corrected chi connectivity index (χ2v) is 8.42. The molecule has 3 aromatic rings. The van der Waals surface area contributed by atoms with Crippen LogP contribution in [0.25, 0.3) is 0 Å². The zero-order valence-electron chi connectivity index (χ0n) is 18.8. The van der Waals surface area contributed by atoms with Crippen molar-refractivity contribution in [2.45, 2.75) is 38.2 Å². The molecular weight excluding hydrogens is 400 g/mol. The molecule has 0 aliphatic carbocycles. The smallest absolute Gasteiger partial charge is 0.122 e. The Bertz CT molecular complexity index is 941. The average Bonchev–Trinajstić information content (AvgIpc) is 2.82. The van der Waals surface area contributed by atoms with Gasteiger partial charge in [-0.05, 0) is 61.4 Å². The van der Waals surface area contributed by atoms with Crippen molar-refractivity contribution in [3.8, 4) is 11.5 Å². The van der Waals surface area contributed by atoms with E-state index in [0.29, 0.717) is 39.3 Å². The standard InChI is InChI=1S/C28H32O4/c1-22-10-12-25(13-11-22)28(29)16-14-23-6-2-4-8-26(23)31-20-18-30-19-21-32-27-9-5-3-7-24(27)15-17-28/h2-13,29H,14-21H2,1H3. The van der Waals surface area contributed by atoms with E-state index in [4.69, 9.17) is 14.2 Å². The molecule has 0 radical (unpaired) electrons. The van der Waals surface area contributed by atoms with E-state index in [9.17, 15) is 5.11 Å². The van der Waals surface area contributed by atoms with Crippen molar-refractivity contribution < 1.29 is 19.3 Å². The van der Waals surface area contributed by atoms with Crippen LogP contribution >= 0.6 is 0 Å². The molecule has 1 heterocycles. The molecule has 0 unspecified atom stereocenters. The molecule has 0 saturated heterocycles. The molecule has 168 valence electrons. The fourth-order valence-corrected chi connectivity index (χ4v) is 4.19. The van der Waals surface area contributed by atoms with Gasteiger partial charge >= 0.3 is 0 Å². The van der Waals surface area contributed by atoms with Crippen molar-refractivity contribution in [1.29, 1.82) is 0 Å². The van der Waals surface area contributed by atoms with E-state index in [-0.39, 0.29) is 0 Å². The Morgan fingerprint density at radius 1 is 0.656 bits per heavy atom. The Morgan fingerprint density at radius 3 is 1.69 bits per heavy atom. The van der Waals surface area contributed by atoms with Crippen LogP contribution in [0.3, 0.4) is 0 Å². The van der Waals surface area contributed by atoms with Crippen LogP contribution < -0.4 is 9.47 Å². The molecule has 1 N–H and O–H groups in total. The van der Waals surface area contributed by atoms with Gasteiger partial charge in [-0.25, -0.2) is 0 Å². The summed E-state index contributed by atoms with van der Waals surface area (Å²) in [5.41, 5.74) is 3.40. The number of hydrogen-bond donors (Lipinski definition) is 1. The monoisotopic (exact) mass is 432 g/mol. The molecule has 0 fully saturated rings. The quantitative estimate of drug-likeness (QED) is 0.572. The number of rotatable bonds is 1. The van der Waals surface area contributed by atoms with Crippen molar-refractivity contribution in [3.05, 3.63) is 95.1 Å². The average molecular weight is 433 g/mol. The summed E-state index contributed by atoms with van der Waals surface area (Å²) in [5, 5.41) is 11.9. The largest absolute Gasteiger partial charge is 0.491 e. The van der Waals surface area contributed by atoms with Crippen molar-refractivity contribution in [1.82, 2.24) is 0 Å². The van der Waals surface area contributed by atoms with E-state index in [0.717, 1.165) is 41.0 Å². The summed E-state index contributed by atoms with van der Waals surface area (Å²) in [6.07, 6.45) is 2.66. The van der Waals surface area contributed by atoms with Crippen LogP contribution in [0.15, 0.2) is 72.8 Å². The predicted octanol–water partition coefficient (Wildman–Crippen LogP) is 5.24. The minimum atomic E-state index is -0.950. The van der Waals surface area contributed by atoms with Gasteiger partial charge in [0.05, 0.1) is 18.8 Å². The first-order valence-corrected chi connectivity index (χ1v) is 11.4. The molecule has 1 aliphatic rings. The maximum atomic E-state index is 11.9. The Hall–Kier alpha value is -2.82. The van der Waals surface area contributed by atoms with Gasteiger partial charge in [0, 0.05) is 0 Å². The van der Waals surface area contributed by atoms with Crippen LogP contribution in [-0.4, -0.2) is 31.5 Å². The highest BCUT2D eigenvalue weighted by molar-refractivity contribution is 5.36. The van der Waals surface area contributed by atoms with Gasteiger partial charge in [-0.15, -0.1) is 0 Å². The molecule has 0 atom stereocenters. The third-order valence-electron chi connectivity index (χ3n) is 6.12. The third kappa shape index (κ3) is 5.70. The highest BCUT2D eigenvalue weighted by Gasteiger charge is 2.29. The first-order valence-electron chi connectivity index (χ1n) is 11.4. The van der Waals surface area contributed by atoms with Crippen molar-refractivity contribution in [2.75, 3.05) is 26.4 Å². The van der Waals surface area contributed by atoms with Crippen LogP contribution in [0, 0.1) is 6.92 Å². The van der Waals surface area contributed by atoms with Crippen LogP contribution in [0.5, 0.6) is 11.5 Å². The summed E-state index contributed by atoms with van der Waals surface area (Å²) in [4.78, 5) is 0. The number of hydrogen-bond acceptors (Lipinski definition) is 4. The number of ether oxygens (including phenoxy) is 3. The lowest BCUT2D eigenvalue weighted by Crippen LogP contribution is -2.27. The zero-order chi connectivity index (χ0) is 22.2. The summed E-state index contributed by atoms with van der Waals surface area (Å²) in [7, 11) is 0. The maximum Gasteiger partial charge on any atom is 0.122 e. The van der Waals surface area contributed by atoms with Gasteiger partial charge in [-0.1, -0.05) is 66.2 Å². The molecule has 32 heavy (non-hydrogen) atoms. The van der Waals surface area contributed by atoms with E-state index in [1.165, 1.54) is 5.56 Å². The fraction of sp³-hybridized carbons (Fsp3) is 0.357. The van der Waals surface area contributed by atoms with Gasteiger partial charge in [0.1, 0.15) is 24.7 Å². The zero-order valence-corrected chi connectivity index (χ0v) is 18.8. The molecule has 4 rings (SSSR count). The van der Waals surface area contributed by atoms with E-state index < -0.39 is 5.60 Å². The minimum Gasteiger partial charge on any atom is -0.491 e. The Balaban J connectivity index is 1.64. The Morgan fingerprint density at radius 2 is 1.16 bits per heavy atom. The molecule has 0 aromatic heterocycles.